The maximum Gasteiger partial charge on any atom is 0.337 e. The zero-order valence-electron chi connectivity index (χ0n) is 16.7. The molecule has 8 nitrogen and oxygen atoms in total. The molecule has 30 heavy (non-hydrogen) atoms. The summed E-state index contributed by atoms with van der Waals surface area (Å²) in [6.07, 6.45) is 1.48. The largest absolute Gasteiger partial charge is 0.493 e. The molecule has 162 valence electrons. The third kappa shape index (κ3) is 4.84. The summed E-state index contributed by atoms with van der Waals surface area (Å²) in [6, 6.07) is 8.06. The van der Waals surface area contributed by atoms with Crippen molar-refractivity contribution in [1.82, 2.24) is 4.31 Å². The van der Waals surface area contributed by atoms with E-state index in [0.717, 1.165) is 11.3 Å². The lowest BCUT2D eigenvalue weighted by Crippen LogP contribution is -2.40. The van der Waals surface area contributed by atoms with Crippen LogP contribution in [-0.2, 0) is 19.6 Å². The average Bonchev–Trinajstić information content (AvgIpc) is 3.24. The molecule has 1 aromatic carbocycles. The van der Waals surface area contributed by atoms with Crippen LogP contribution in [0.25, 0.3) is 11.6 Å². The van der Waals surface area contributed by atoms with E-state index in [4.69, 9.17) is 14.2 Å². The summed E-state index contributed by atoms with van der Waals surface area (Å²) in [5.41, 5.74) is 0.591. The van der Waals surface area contributed by atoms with Gasteiger partial charge < -0.3 is 19.3 Å². The van der Waals surface area contributed by atoms with Crippen molar-refractivity contribution >= 4 is 39.0 Å². The van der Waals surface area contributed by atoms with Gasteiger partial charge in [-0.05, 0) is 42.8 Å². The van der Waals surface area contributed by atoms with Gasteiger partial charge in [-0.15, -0.1) is 11.3 Å². The molecule has 0 unspecified atom stereocenters. The second kappa shape index (κ2) is 9.61. The maximum absolute atomic E-state index is 12.8. The summed E-state index contributed by atoms with van der Waals surface area (Å²) < 4.78 is 43.1. The maximum atomic E-state index is 12.8. The fraction of sp³-hybridized carbons (Fsp3) is 0.350. The molecule has 0 radical (unpaired) electrons. The molecule has 2 aromatic rings. The van der Waals surface area contributed by atoms with Gasteiger partial charge in [0.1, 0.15) is 4.21 Å². The molecule has 1 N–H and O–H groups in total. The fourth-order valence-electron chi connectivity index (χ4n) is 2.97. The quantitative estimate of drug-likeness (QED) is 0.613. The van der Waals surface area contributed by atoms with E-state index in [-0.39, 0.29) is 22.9 Å². The first kappa shape index (κ1) is 22.3. The smallest absolute Gasteiger partial charge is 0.337 e. The third-order valence-electron chi connectivity index (χ3n) is 4.44. The summed E-state index contributed by atoms with van der Waals surface area (Å²) in [7, 11) is -2.18. The summed E-state index contributed by atoms with van der Waals surface area (Å²) in [5, 5.41) is 9.72. The van der Waals surface area contributed by atoms with Crippen molar-refractivity contribution in [3.8, 4) is 11.5 Å². The third-order valence-corrected chi connectivity index (χ3v) is 7.92. The van der Waals surface area contributed by atoms with Crippen molar-refractivity contribution < 1.29 is 32.5 Å². The molecule has 1 aliphatic heterocycles. The lowest BCUT2D eigenvalue weighted by Gasteiger charge is -2.25. The zero-order valence-corrected chi connectivity index (χ0v) is 18.3. The number of ether oxygens (including phenoxy) is 3. The van der Waals surface area contributed by atoms with Crippen LogP contribution < -0.4 is 9.47 Å². The Morgan fingerprint density at radius 1 is 1.23 bits per heavy atom. The molecule has 2 heterocycles. The molecule has 0 bridgehead atoms. The highest BCUT2D eigenvalue weighted by Crippen LogP contribution is 2.33. The number of benzene rings is 1. The normalized spacial score (nSPS) is 15.7. The molecule has 0 spiro atoms. The molecule has 3 rings (SSSR count). The number of carboxylic acid groups (broad SMARTS) is 1. The number of thiophene rings is 1. The number of methoxy groups -OCH3 is 1. The minimum absolute atomic E-state index is 0.00496. The molecule has 0 saturated carbocycles. The van der Waals surface area contributed by atoms with Crippen molar-refractivity contribution in [3.63, 3.8) is 0 Å². The van der Waals surface area contributed by atoms with Crippen LogP contribution in [0.3, 0.4) is 0 Å². The molecule has 1 fully saturated rings. The summed E-state index contributed by atoms with van der Waals surface area (Å²) in [5.74, 6) is -0.110. The minimum atomic E-state index is -3.68. The van der Waals surface area contributed by atoms with Crippen LogP contribution in [0.1, 0.15) is 17.4 Å². The Labute approximate surface area is 179 Å². The van der Waals surface area contributed by atoms with E-state index in [0.29, 0.717) is 41.8 Å². The van der Waals surface area contributed by atoms with Gasteiger partial charge in [-0.3, -0.25) is 0 Å². The molecule has 0 aliphatic carbocycles. The lowest BCUT2D eigenvalue weighted by molar-refractivity contribution is -0.130. The Morgan fingerprint density at radius 2 is 1.97 bits per heavy atom. The van der Waals surface area contributed by atoms with Gasteiger partial charge in [-0.1, -0.05) is 6.07 Å². The van der Waals surface area contributed by atoms with Crippen molar-refractivity contribution in [2.24, 2.45) is 0 Å². The number of hydrogen-bond donors (Lipinski definition) is 1. The predicted octanol–water partition coefficient (Wildman–Crippen LogP) is 2.80. The Hall–Kier alpha value is -2.40. The van der Waals surface area contributed by atoms with Crippen molar-refractivity contribution in [3.05, 3.63) is 40.8 Å². The number of rotatable bonds is 8. The predicted molar refractivity (Wildman–Crippen MR) is 114 cm³/mol. The highest BCUT2D eigenvalue weighted by atomic mass is 32.2. The fourth-order valence-corrected chi connectivity index (χ4v) is 5.85. The van der Waals surface area contributed by atoms with E-state index in [9.17, 15) is 18.3 Å². The van der Waals surface area contributed by atoms with Gasteiger partial charge in [0.05, 0.1) is 32.5 Å². The van der Waals surface area contributed by atoms with E-state index >= 15 is 0 Å². The highest BCUT2D eigenvalue weighted by molar-refractivity contribution is 7.91. The second-order valence-electron chi connectivity index (χ2n) is 6.34. The molecule has 0 amide bonds. The van der Waals surface area contributed by atoms with Crippen LogP contribution >= 0.6 is 11.3 Å². The monoisotopic (exact) mass is 453 g/mol. The Bertz CT molecular complexity index is 1040. The van der Waals surface area contributed by atoms with Gasteiger partial charge in [-0.25, -0.2) is 13.2 Å². The van der Waals surface area contributed by atoms with Gasteiger partial charge in [0.15, 0.2) is 11.5 Å². The van der Waals surface area contributed by atoms with Crippen LogP contribution in [0.15, 0.2) is 34.5 Å². The van der Waals surface area contributed by atoms with Crippen molar-refractivity contribution in [2.45, 2.75) is 11.1 Å². The first-order chi connectivity index (χ1) is 14.4. The lowest BCUT2D eigenvalue weighted by atomic mass is 10.1. The van der Waals surface area contributed by atoms with E-state index in [1.165, 1.54) is 29.6 Å². The molecule has 10 heteroatoms. The second-order valence-corrected chi connectivity index (χ2v) is 9.59. The van der Waals surface area contributed by atoms with Crippen molar-refractivity contribution in [1.29, 1.82) is 0 Å². The number of carboxylic acids is 1. The molecule has 1 aromatic heterocycles. The SMILES string of the molecule is CCOc1ccc(/C=C(\C(=O)O)c2ccc(S(=O)(=O)N3CCOCC3)s2)cc1OC. The first-order valence-electron chi connectivity index (χ1n) is 9.30. The Morgan fingerprint density at radius 3 is 2.60 bits per heavy atom. The van der Waals surface area contributed by atoms with Gasteiger partial charge >= 0.3 is 5.97 Å². The molecule has 1 saturated heterocycles. The Balaban J connectivity index is 1.93. The highest BCUT2D eigenvalue weighted by Gasteiger charge is 2.28. The van der Waals surface area contributed by atoms with Crippen LogP contribution in [0.4, 0.5) is 0 Å². The number of carbonyl (C=O) groups is 1. The summed E-state index contributed by atoms with van der Waals surface area (Å²) in [6.45, 7) is 3.58. The molecular weight excluding hydrogens is 430 g/mol. The number of hydrogen-bond acceptors (Lipinski definition) is 7. The van der Waals surface area contributed by atoms with E-state index in [2.05, 4.69) is 0 Å². The standard InChI is InChI=1S/C20H23NO7S2/c1-3-28-16-5-4-14(13-17(16)26-2)12-15(20(22)23)18-6-7-19(29-18)30(24,25)21-8-10-27-11-9-21/h4-7,12-13H,3,8-11H2,1-2H3,(H,22,23)/b15-12-. The van der Waals surface area contributed by atoms with Crippen LogP contribution in [0.2, 0.25) is 0 Å². The van der Waals surface area contributed by atoms with Crippen LogP contribution in [-0.4, -0.2) is 63.8 Å². The zero-order chi connectivity index (χ0) is 21.7. The van der Waals surface area contributed by atoms with Crippen LogP contribution in [0.5, 0.6) is 11.5 Å². The number of sulfonamides is 1. The van der Waals surface area contributed by atoms with E-state index in [1.807, 2.05) is 6.92 Å². The Kier molecular flexibility index (Phi) is 7.14. The van der Waals surface area contributed by atoms with Gasteiger partial charge in [0, 0.05) is 18.0 Å². The van der Waals surface area contributed by atoms with E-state index < -0.39 is 16.0 Å². The average molecular weight is 454 g/mol. The number of morpholine rings is 1. The van der Waals surface area contributed by atoms with E-state index in [1.54, 1.807) is 18.2 Å². The summed E-state index contributed by atoms with van der Waals surface area (Å²) >= 11 is 0.935. The van der Waals surface area contributed by atoms with Crippen molar-refractivity contribution in [2.75, 3.05) is 40.0 Å². The topological polar surface area (TPSA) is 102 Å². The minimum Gasteiger partial charge on any atom is -0.493 e. The van der Waals surface area contributed by atoms with Gasteiger partial charge in [0.2, 0.25) is 0 Å². The molecule has 0 atom stereocenters. The number of aliphatic carboxylic acids is 1. The van der Waals surface area contributed by atoms with Gasteiger partial charge in [0.25, 0.3) is 10.0 Å². The summed E-state index contributed by atoms with van der Waals surface area (Å²) in [4.78, 5) is 12.2. The van der Waals surface area contributed by atoms with Gasteiger partial charge in [-0.2, -0.15) is 4.31 Å². The first-order valence-corrected chi connectivity index (χ1v) is 11.6. The van der Waals surface area contributed by atoms with Crippen LogP contribution in [0, 0.1) is 0 Å². The molecular formula is C20H23NO7S2. The molecule has 1 aliphatic rings. The number of nitrogens with zero attached hydrogens (tertiary/aromatic N) is 1.